The first-order chi connectivity index (χ1) is 9.01. The molecule has 0 amide bonds. The van der Waals surface area contributed by atoms with E-state index in [1.165, 1.54) is 19.2 Å². The predicted octanol–water partition coefficient (Wildman–Crippen LogP) is 4.96. The zero-order valence-electron chi connectivity index (χ0n) is 9.96. The molecule has 0 spiro atoms. The van der Waals surface area contributed by atoms with Crippen molar-refractivity contribution in [2.45, 2.75) is 5.38 Å². The molecule has 2 aromatic rings. The van der Waals surface area contributed by atoms with E-state index in [-0.39, 0.29) is 0 Å². The predicted molar refractivity (Wildman–Crippen MR) is 72.1 cm³/mol. The van der Waals surface area contributed by atoms with Crippen molar-refractivity contribution in [1.29, 1.82) is 0 Å². The molecule has 2 rings (SSSR count). The van der Waals surface area contributed by atoms with Gasteiger partial charge in [0.15, 0.2) is 0 Å². The zero-order valence-corrected chi connectivity index (χ0v) is 11.5. The van der Waals surface area contributed by atoms with Crippen LogP contribution in [0.25, 0.3) is 0 Å². The van der Waals surface area contributed by atoms with Crippen LogP contribution >= 0.6 is 23.2 Å². The smallest absolute Gasteiger partial charge is 0.137 e. The SMILES string of the molecule is COc1ccc(C(Cl)c2cc(F)cc(F)c2)cc1Cl. The van der Waals surface area contributed by atoms with Gasteiger partial charge in [-0.3, -0.25) is 0 Å². The largest absolute Gasteiger partial charge is 0.495 e. The van der Waals surface area contributed by atoms with E-state index in [9.17, 15) is 8.78 Å². The van der Waals surface area contributed by atoms with Crippen molar-refractivity contribution >= 4 is 23.2 Å². The minimum Gasteiger partial charge on any atom is -0.495 e. The molecule has 0 bridgehead atoms. The molecule has 1 nitrogen and oxygen atoms in total. The fraction of sp³-hybridized carbons (Fsp3) is 0.143. The topological polar surface area (TPSA) is 9.23 Å². The summed E-state index contributed by atoms with van der Waals surface area (Å²) >= 11 is 12.2. The number of hydrogen-bond acceptors (Lipinski definition) is 1. The van der Waals surface area contributed by atoms with Gasteiger partial charge in [-0.15, -0.1) is 11.6 Å². The third-order valence-electron chi connectivity index (χ3n) is 2.65. The first-order valence-electron chi connectivity index (χ1n) is 5.44. The Hall–Kier alpha value is -1.32. The summed E-state index contributed by atoms with van der Waals surface area (Å²) in [5.41, 5.74) is 0.970. The molecule has 2 aromatic carbocycles. The quantitative estimate of drug-likeness (QED) is 0.729. The van der Waals surface area contributed by atoms with Crippen molar-refractivity contribution in [3.63, 3.8) is 0 Å². The van der Waals surface area contributed by atoms with Crippen molar-refractivity contribution in [2.75, 3.05) is 7.11 Å². The second-order valence-electron chi connectivity index (χ2n) is 3.96. The first kappa shape index (κ1) is 14.1. The normalized spacial score (nSPS) is 12.3. The Balaban J connectivity index is 2.38. The minimum atomic E-state index is -0.686. The molecule has 0 aliphatic heterocycles. The van der Waals surface area contributed by atoms with Crippen LogP contribution < -0.4 is 4.74 Å². The van der Waals surface area contributed by atoms with Gasteiger partial charge in [0.2, 0.25) is 0 Å². The molecule has 0 N–H and O–H groups in total. The highest BCUT2D eigenvalue weighted by Crippen LogP contribution is 2.34. The fourth-order valence-corrected chi connectivity index (χ4v) is 2.28. The summed E-state index contributed by atoms with van der Waals surface area (Å²) in [6, 6.07) is 8.15. The van der Waals surface area contributed by atoms with Crippen molar-refractivity contribution in [1.82, 2.24) is 0 Å². The van der Waals surface area contributed by atoms with E-state index in [0.717, 1.165) is 6.07 Å². The fourth-order valence-electron chi connectivity index (χ4n) is 1.75. The number of rotatable bonds is 3. The summed E-state index contributed by atoms with van der Waals surface area (Å²) in [4.78, 5) is 0. The van der Waals surface area contributed by atoms with Crippen LogP contribution in [0.15, 0.2) is 36.4 Å². The summed E-state index contributed by atoms with van der Waals surface area (Å²) in [5.74, 6) is -0.819. The molecule has 1 unspecified atom stereocenters. The van der Waals surface area contributed by atoms with Crippen molar-refractivity contribution in [3.8, 4) is 5.75 Å². The van der Waals surface area contributed by atoms with Gasteiger partial charge in [0.25, 0.3) is 0 Å². The van der Waals surface area contributed by atoms with Crippen molar-refractivity contribution in [2.24, 2.45) is 0 Å². The standard InChI is InChI=1S/C14H10Cl2F2O/c1-19-13-3-2-8(6-12(13)15)14(16)9-4-10(17)7-11(18)5-9/h2-7,14H,1H3. The average molecular weight is 303 g/mol. The molecular weight excluding hydrogens is 293 g/mol. The first-order valence-corrected chi connectivity index (χ1v) is 6.26. The third-order valence-corrected chi connectivity index (χ3v) is 3.45. The van der Waals surface area contributed by atoms with Gasteiger partial charge in [-0.05, 0) is 35.4 Å². The molecule has 1 atom stereocenters. The molecule has 0 saturated heterocycles. The van der Waals surface area contributed by atoms with Gasteiger partial charge in [-0.2, -0.15) is 0 Å². The van der Waals surface area contributed by atoms with E-state index >= 15 is 0 Å². The average Bonchev–Trinajstić information content (AvgIpc) is 2.36. The summed E-state index contributed by atoms with van der Waals surface area (Å²) < 4.78 is 31.3. The van der Waals surface area contributed by atoms with E-state index < -0.39 is 17.0 Å². The Kier molecular flexibility index (Phi) is 4.27. The summed E-state index contributed by atoms with van der Waals surface area (Å²) in [7, 11) is 1.50. The Morgan fingerprint density at radius 3 is 2.16 bits per heavy atom. The number of halogens is 4. The molecule has 0 fully saturated rings. The molecule has 5 heteroatoms. The van der Waals surface area contributed by atoms with Crippen molar-refractivity contribution < 1.29 is 13.5 Å². The van der Waals surface area contributed by atoms with Gasteiger partial charge in [-0.25, -0.2) is 8.78 Å². The van der Waals surface area contributed by atoms with Gasteiger partial charge >= 0.3 is 0 Å². The van der Waals surface area contributed by atoms with Crippen LogP contribution in [0.4, 0.5) is 8.78 Å². The highest BCUT2D eigenvalue weighted by atomic mass is 35.5. The molecule has 0 aliphatic carbocycles. The van der Waals surface area contributed by atoms with Crippen LogP contribution in [-0.2, 0) is 0 Å². The van der Waals surface area contributed by atoms with Gasteiger partial charge < -0.3 is 4.74 Å². The van der Waals surface area contributed by atoms with Gasteiger partial charge in [0, 0.05) is 6.07 Å². The molecular formula is C14H10Cl2F2O. The zero-order chi connectivity index (χ0) is 14.0. The highest BCUT2D eigenvalue weighted by molar-refractivity contribution is 6.32. The maximum absolute atomic E-state index is 13.2. The molecule has 19 heavy (non-hydrogen) atoms. The summed E-state index contributed by atoms with van der Waals surface area (Å²) in [6.45, 7) is 0. The Morgan fingerprint density at radius 2 is 1.63 bits per heavy atom. The van der Waals surface area contributed by atoms with Crippen LogP contribution in [0, 0.1) is 11.6 Å². The molecule has 0 aromatic heterocycles. The second-order valence-corrected chi connectivity index (χ2v) is 4.80. The maximum atomic E-state index is 13.2. The lowest BCUT2D eigenvalue weighted by Crippen LogP contribution is -1.96. The van der Waals surface area contributed by atoms with Crippen LogP contribution in [0.1, 0.15) is 16.5 Å². The van der Waals surface area contributed by atoms with Crippen molar-refractivity contribution in [3.05, 3.63) is 64.2 Å². The molecule has 0 aliphatic rings. The number of alkyl halides is 1. The lowest BCUT2D eigenvalue weighted by Gasteiger charge is -2.12. The van der Waals surface area contributed by atoms with Crippen LogP contribution in [-0.4, -0.2) is 7.11 Å². The van der Waals surface area contributed by atoms with Gasteiger partial charge in [-0.1, -0.05) is 17.7 Å². The number of hydrogen-bond donors (Lipinski definition) is 0. The van der Waals surface area contributed by atoms with E-state index in [0.29, 0.717) is 21.9 Å². The highest BCUT2D eigenvalue weighted by Gasteiger charge is 2.14. The number of ether oxygens (including phenoxy) is 1. The van der Waals surface area contributed by atoms with E-state index in [1.54, 1.807) is 18.2 Å². The molecule has 100 valence electrons. The van der Waals surface area contributed by atoms with E-state index in [1.807, 2.05) is 0 Å². The molecule has 0 heterocycles. The third kappa shape index (κ3) is 3.17. The van der Waals surface area contributed by atoms with Crippen LogP contribution in [0.2, 0.25) is 5.02 Å². The Labute approximate surface area is 119 Å². The Morgan fingerprint density at radius 1 is 1.00 bits per heavy atom. The molecule has 0 radical (unpaired) electrons. The second kappa shape index (κ2) is 5.76. The number of methoxy groups -OCH3 is 1. The lowest BCUT2D eigenvalue weighted by atomic mass is 10.0. The number of benzene rings is 2. The summed E-state index contributed by atoms with van der Waals surface area (Å²) in [6.07, 6.45) is 0. The maximum Gasteiger partial charge on any atom is 0.137 e. The Bertz CT molecular complexity index is 582. The van der Waals surface area contributed by atoms with Gasteiger partial charge in [0.05, 0.1) is 17.5 Å². The monoisotopic (exact) mass is 302 g/mol. The van der Waals surface area contributed by atoms with Crippen LogP contribution in [0.5, 0.6) is 5.75 Å². The van der Waals surface area contributed by atoms with Crippen LogP contribution in [0.3, 0.4) is 0 Å². The summed E-state index contributed by atoms with van der Waals surface area (Å²) in [5, 5.41) is -0.295. The molecule has 0 saturated carbocycles. The van der Waals surface area contributed by atoms with Gasteiger partial charge in [0.1, 0.15) is 17.4 Å². The minimum absolute atomic E-state index is 0.334. The lowest BCUT2D eigenvalue weighted by molar-refractivity contribution is 0.415. The van der Waals surface area contributed by atoms with E-state index in [2.05, 4.69) is 0 Å². The van der Waals surface area contributed by atoms with E-state index in [4.69, 9.17) is 27.9 Å².